The number of carbonyl (C=O) groups is 1. The van der Waals surface area contributed by atoms with E-state index in [-0.39, 0.29) is 11.3 Å². The van der Waals surface area contributed by atoms with E-state index in [1.54, 1.807) is 28.8 Å². The molecule has 3 heterocycles. The van der Waals surface area contributed by atoms with E-state index in [2.05, 4.69) is 15.2 Å². The lowest BCUT2D eigenvalue weighted by atomic mass is 10.1. The van der Waals surface area contributed by atoms with Crippen LogP contribution in [0.25, 0.3) is 0 Å². The molecule has 3 atom stereocenters. The Bertz CT molecular complexity index is 396. The molecule has 0 aromatic carbocycles. The standard InChI is InChI=1S/C9H12N4O2S/c14-9(15)8-6(5-12-4-2-10-11-12)16-7-1-3-13(7)8/h2,4,6-8H,1,3,5H2,(H,14,15). The number of aromatic nitrogens is 3. The Morgan fingerprint density at radius 3 is 3.06 bits per heavy atom. The summed E-state index contributed by atoms with van der Waals surface area (Å²) in [5.41, 5.74) is 0. The first-order valence-corrected chi connectivity index (χ1v) is 6.18. The Morgan fingerprint density at radius 2 is 2.50 bits per heavy atom. The van der Waals surface area contributed by atoms with Crippen LogP contribution in [0.3, 0.4) is 0 Å². The summed E-state index contributed by atoms with van der Waals surface area (Å²) in [6.45, 7) is 1.52. The molecular formula is C9H12N4O2S. The van der Waals surface area contributed by atoms with E-state index < -0.39 is 5.97 Å². The zero-order chi connectivity index (χ0) is 11.1. The SMILES string of the molecule is O=C(O)C1C(Cn2ccnn2)SC2CCN21. The van der Waals surface area contributed by atoms with Crippen molar-refractivity contribution in [3.63, 3.8) is 0 Å². The van der Waals surface area contributed by atoms with Gasteiger partial charge in [0, 0.05) is 12.7 Å². The third-order valence-electron chi connectivity index (χ3n) is 3.14. The molecule has 3 unspecified atom stereocenters. The monoisotopic (exact) mass is 240 g/mol. The number of fused-ring (bicyclic) bond motifs is 1. The number of hydrogen-bond donors (Lipinski definition) is 1. The van der Waals surface area contributed by atoms with Gasteiger partial charge in [0.25, 0.3) is 0 Å². The number of carboxylic acid groups (broad SMARTS) is 1. The molecule has 0 radical (unpaired) electrons. The van der Waals surface area contributed by atoms with Gasteiger partial charge in [0.15, 0.2) is 0 Å². The summed E-state index contributed by atoms with van der Waals surface area (Å²) in [5, 5.41) is 17.3. The molecule has 2 saturated heterocycles. The van der Waals surface area contributed by atoms with E-state index in [9.17, 15) is 9.90 Å². The third-order valence-corrected chi connectivity index (χ3v) is 4.71. The molecular weight excluding hydrogens is 228 g/mol. The lowest BCUT2D eigenvalue weighted by Crippen LogP contribution is -2.51. The number of nitrogens with zero attached hydrogens (tertiary/aromatic N) is 4. The van der Waals surface area contributed by atoms with Crippen LogP contribution in [0, 0.1) is 0 Å². The maximum atomic E-state index is 11.2. The maximum Gasteiger partial charge on any atom is 0.322 e. The zero-order valence-electron chi connectivity index (χ0n) is 8.56. The molecule has 1 aromatic rings. The maximum absolute atomic E-state index is 11.2. The normalized spacial score (nSPS) is 33.4. The van der Waals surface area contributed by atoms with Crippen LogP contribution in [-0.4, -0.2) is 54.2 Å². The number of thioether (sulfide) groups is 1. The highest BCUT2D eigenvalue weighted by Crippen LogP contribution is 2.43. The van der Waals surface area contributed by atoms with Crippen molar-refractivity contribution < 1.29 is 9.90 Å². The second-order valence-corrected chi connectivity index (χ2v) is 5.49. The van der Waals surface area contributed by atoms with Gasteiger partial charge in [-0.25, -0.2) is 0 Å². The van der Waals surface area contributed by atoms with E-state index in [4.69, 9.17) is 0 Å². The minimum atomic E-state index is -0.722. The van der Waals surface area contributed by atoms with Crippen molar-refractivity contribution in [2.75, 3.05) is 6.54 Å². The van der Waals surface area contributed by atoms with Gasteiger partial charge in [-0.05, 0) is 6.42 Å². The van der Waals surface area contributed by atoms with Crippen molar-refractivity contribution in [3.8, 4) is 0 Å². The van der Waals surface area contributed by atoms with Gasteiger partial charge in [-0.3, -0.25) is 14.4 Å². The summed E-state index contributed by atoms with van der Waals surface area (Å²) in [6.07, 6.45) is 4.49. The molecule has 2 fully saturated rings. The van der Waals surface area contributed by atoms with Crippen molar-refractivity contribution in [2.45, 2.75) is 29.6 Å². The molecule has 3 rings (SSSR count). The van der Waals surface area contributed by atoms with E-state index in [0.29, 0.717) is 11.9 Å². The van der Waals surface area contributed by atoms with Crippen LogP contribution in [0.2, 0.25) is 0 Å². The number of carboxylic acids is 1. The van der Waals surface area contributed by atoms with Crippen LogP contribution in [0.4, 0.5) is 0 Å². The quantitative estimate of drug-likeness (QED) is 0.794. The van der Waals surface area contributed by atoms with Crippen LogP contribution in [0.1, 0.15) is 6.42 Å². The minimum Gasteiger partial charge on any atom is -0.480 e. The summed E-state index contributed by atoms with van der Waals surface area (Å²) in [4.78, 5) is 13.3. The smallest absolute Gasteiger partial charge is 0.322 e. The first kappa shape index (κ1) is 10.1. The summed E-state index contributed by atoms with van der Waals surface area (Å²) in [7, 11) is 0. The van der Waals surface area contributed by atoms with Gasteiger partial charge in [-0.15, -0.1) is 16.9 Å². The second kappa shape index (κ2) is 3.74. The molecule has 1 aromatic heterocycles. The first-order chi connectivity index (χ1) is 7.75. The predicted octanol–water partition coefficient (Wildman–Crippen LogP) is -0.122. The molecule has 0 aliphatic carbocycles. The van der Waals surface area contributed by atoms with Gasteiger partial charge in [0.05, 0.1) is 23.4 Å². The fourth-order valence-corrected chi connectivity index (χ4v) is 3.99. The van der Waals surface area contributed by atoms with Gasteiger partial charge < -0.3 is 5.11 Å². The van der Waals surface area contributed by atoms with Crippen molar-refractivity contribution in [2.24, 2.45) is 0 Å². The molecule has 0 saturated carbocycles. The summed E-state index contributed by atoms with van der Waals surface area (Å²) in [6, 6.07) is -0.368. The summed E-state index contributed by atoms with van der Waals surface area (Å²) < 4.78 is 1.71. The molecule has 6 nitrogen and oxygen atoms in total. The lowest BCUT2D eigenvalue weighted by molar-refractivity contribution is -0.144. The highest BCUT2D eigenvalue weighted by Gasteiger charge is 2.50. The Labute approximate surface area is 96.6 Å². The average molecular weight is 240 g/mol. The van der Waals surface area contributed by atoms with E-state index in [1.807, 2.05) is 0 Å². The molecule has 2 aliphatic rings. The highest BCUT2D eigenvalue weighted by molar-refractivity contribution is 8.00. The Morgan fingerprint density at radius 1 is 1.62 bits per heavy atom. The molecule has 0 spiro atoms. The largest absolute Gasteiger partial charge is 0.480 e. The van der Waals surface area contributed by atoms with Crippen molar-refractivity contribution in [3.05, 3.63) is 12.4 Å². The molecule has 0 bridgehead atoms. The van der Waals surface area contributed by atoms with Crippen molar-refractivity contribution in [1.29, 1.82) is 0 Å². The molecule has 86 valence electrons. The number of hydrogen-bond acceptors (Lipinski definition) is 5. The van der Waals surface area contributed by atoms with E-state index in [1.165, 1.54) is 0 Å². The van der Waals surface area contributed by atoms with Crippen LogP contribution in [0.5, 0.6) is 0 Å². The van der Waals surface area contributed by atoms with Gasteiger partial charge in [-0.2, -0.15) is 0 Å². The average Bonchev–Trinajstić information content (AvgIpc) is 2.77. The van der Waals surface area contributed by atoms with Crippen LogP contribution in [-0.2, 0) is 11.3 Å². The topological polar surface area (TPSA) is 71.2 Å². The fraction of sp³-hybridized carbons (Fsp3) is 0.667. The number of rotatable bonds is 3. The van der Waals surface area contributed by atoms with Crippen LogP contribution < -0.4 is 0 Å². The predicted molar refractivity (Wildman–Crippen MR) is 57.9 cm³/mol. The van der Waals surface area contributed by atoms with Crippen molar-refractivity contribution in [1.82, 2.24) is 19.9 Å². The highest BCUT2D eigenvalue weighted by atomic mass is 32.2. The first-order valence-electron chi connectivity index (χ1n) is 5.24. The van der Waals surface area contributed by atoms with Crippen LogP contribution >= 0.6 is 11.8 Å². The zero-order valence-corrected chi connectivity index (χ0v) is 9.38. The minimum absolute atomic E-state index is 0.0756. The van der Waals surface area contributed by atoms with Gasteiger partial charge >= 0.3 is 5.97 Å². The Balaban J connectivity index is 1.76. The number of aliphatic carboxylic acids is 1. The van der Waals surface area contributed by atoms with Gasteiger partial charge in [0.1, 0.15) is 6.04 Å². The van der Waals surface area contributed by atoms with E-state index >= 15 is 0 Å². The van der Waals surface area contributed by atoms with Gasteiger partial charge in [0.2, 0.25) is 0 Å². The lowest BCUT2D eigenvalue weighted by Gasteiger charge is -2.36. The second-order valence-electron chi connectivity index (χ2n) is 4.06. The third kappa shape index (κ3) is 1.51. The summed E-state index contributed by atoms with van der Waals surface area (Å²) in [5.74, 6) is -0.722. The van der Waals surface area contributed by atoms with Gasteiger partial charge in [-0.1, -0.05) is 5.21 Å². The molecule has 16 heavy (non-hydrogen) atoms. The fourth-order valence-electron chi connectivity index (χ4n) is 2.30. The molecule has 1 N–H and O–H groups in total. The van der Waals surface area contributed by atoms with Crippen molar-refractivity contribution >= 4 is 17.7 Å². The van der Waals surface area contributed by atoms with E-state index in [0.717, 1.165) is 13.0 Å². The Kier molecular flexibility index (Phi) is 2.36. The van der Waals surface area contributed by atoms with Crippen LogP contribution in [0.15, 0.2) is 12.4 Å². The molecule has 0 amide bonds. The Hall–Kier alpha value is -1.08. The molecule has 2 aliphatic heterocycles. The molecule has 7 heteroatoms. The summed E-state index contributed by atoms with van der Waals surface area (Å²) >= 11 is 1.75.